The maximum Gasteiger partial charge on any atom is 0.407 e. The second-order valence-electron chi connectivity index (χ2n) is 15.2. The van der Waals surface area contributed by atoms with Crippen molar-refractivity contribution < 1.29 is 37.1 Å². The highest BCUT2D eigenvalue weighted by atomic mass is 32.2. The number of cyclic esters (lactones) is 1. The number of sulfonamides is 1. The van der Waals surface area contributed by atoms with Crippen LogP contribution in [-0.4, -0.2) is 96.6 Å². The molecule has 296 valence electrons. The number of aromatic nitrogens is 1. The third-order valence-electron chi connectivity index (χ3n) is 11.0. The first-order valence-corrected chi connectivity index (χ1v) is 21.8. The van der Waals surface area contributed by atoms with Crippen molar-refractivity contribution in [2.24, 2.45) is 5.92 Å². The predicted octanol–water partition coefficient (Wildman–Crippen LogP) is 3.59. The monoisotopic (exact) mass is 795 g/mol. The molecule has 0 spiro atoms. The van der Waals surface area contributed by atoms with Crippen molar-refractivity contribution in [1.82, 2.24) is 30.6 Å². The zero-order chi connectivity index (χ0) is 38.6. The van der Waals surface area contributed by atoms with E-state index in [9.17, 15) is 32.4 Å². The predicted molar refractivity (Wildman–Crippen MR) is 205 cm³/mol. The standard InChI is InChI=1S/C38H49N7O8S2/c46-32-25-12-10-11-24(19-25)30-23-54-36(41-30)39-17-8-4-5-9-18-53-37(50)42-29-14-7-3-1-2-6-13-26-21-38(26,35(49)44-55(51,52)28-15-16-28)43-33(47)31-20-27(40-32)22-45(31)34(29)48/h6,10-13,19,23,26-29,31H,1-5,7-9,14-18,20-22H2,(H,39,41)(H,40,46)(H,42,50)(H,43,47)(H,44,49)/b13-6-/t26-,27-,29+,31+,38-/m1/s1. The van der Waals surface area contributed by atoms with Crippen molar-refractivity contribution in [2.75, 3.05) is 25.0 Å². The van der Waals surface area contributed by atoms with E-state index in [0.717, 1.165) is 55.0 Å². The minimum atomic E-state index is -3.90. The second-order valence-corrected chi connectivity index (χ2v) is 18.0. The van der Waals surface area contributed by atoms with E-state index in [2.05, 4.69) is 26.0 Å². The Balaban J connectivity index is 1.17. The fourth-order valence-corrected chi connectivity index (χ4v) is 9.72. The number of benzene rings is 1. The molecule has 1 saturated heterocycles. The number of fused-ring (bicyclic) bond motifs is 8. The SMILES string of the molecule is O=C1N[C@H]2CCCCC/C=C\[C@@H]3C[C@@]3(C(=O)NS(=O)(=O)C3CC3)NC(=O)[C@@H]3C[C@H](CN3C2=O)NC(=O)c2cccc(c2)-c2csc(n2)NCCCCCCO1. The van der Waals surface area contributed by atoms with Gasteiger partial charge in [0, 0.05) is 41.6 Å². The van der Waals surface area contributed by atoms with Crippen LogP contribution in [0.3, 0.4) is 0 Å². The molecule has 4 heterocycles. The first-order valence-electron chi connectivity index (χ1n) is 19.4. The number of alkyl carbamates (subject to hydrolysis) is 1. The maximum atomic E-state index is 14.4. The van der Waals surface area contributed by atoms with Crippen LogP contribution in [0.2, 0.25) is 0 Å². The summed E-state index contributed by atoms with van der Waals surface area (Å²) in [4.78, 5) is 75.2. The number of amides is 5. The first-order chi connectivity index (χ1) is 26.5. The van der Waals surface area contributed by atoms with E-state index in [-0.39, 0.29) is 26.0 Å². The fraction of sp³-hybridized carbons (Fsp3) is 0.579. The lowest BCUT2D eigenvalue weighted by atomic mass is 10.0. The highest BCUT2D eigenvalue weighted by Crippen LogP contribution is 2.46. The van der Waals surface area contributed by atoms with Crippen LogP contribution in [0.4, 0.5) is 9.93 Å². The highest BCUT2D eigenvalue weighted by molar-refractivity contribution is 7.91. The molecule has 3 fully saturated rings. The topological polar surface area (TPSA) is 205 Å². The van der Waals surface area contributed by atoms with E-state index in [1.807, 2.05) is 23.6 Å². The summed E-state index contributed by atoms with van der Waals surface area (Å²) in [7, 11) is -3.90. The number of rotatable bonds is 3. The molecule has 2 aromatic rings. The molecule has 1 aromatic carbocycles. The zero-order valence-corrected chi connectivity index (χ0v) is 32.4. The summed E-state index contributed by atoms with van der Waals surface area (Å²) in [6.45, 7) is 0.894. The smallest absolute Gasteiger partial charge is 0.407 e. The molecular formula is C38H49N7O8S2. The number of carbonyl (C=O) groups is 5. The Hall–Kier alpha value is -4.51. The largest absolute Gasteiger partial charge is 0.450 e. The van der Waals surface area contributed by atoms with Gasteiger partial charge in [0.15, 0.2) is 5.13 Å². The van der Waals surface area contributed by atoms with Gasteiger partial charge >= 0.3 is 6.09 Å². The van der Waals surface area contributed by atoms with Crippen LogP contribution in [0.15, 0.2) is 41.8 Å². The van der Waals surface area contributed by atoms with Crippen LogP contribution in [-0.2, 0) is 29.1 Å². The van der Waals surface area contributed by atoms with Gasteiger partial charge < -0.3 is 30.9 Å². The highest BCUT2D eigenvalue weighted by Gasteiger charge is 2.62. The Morgan fingerprint density at radius 1 is 0.982 bits per heavy atom. The van der Waals surface area contributed by atoms with Crippen molar-refractivity contribution >= 4 is 56.2 Å². The van der Waals surface area contributed by atoms with Gasteiger partial charge in [0.2, 0.25) is 21.8 Å². The van der Waals surface area contributed by atoms with Crippen molar-refractivity contribution in [3.05, 3.63) is 47.4 Å². The Bertz CT molecular complexity index is 1930. The van der Waals surface area contributed by atoms with Gasteiger partial charge in [-0.2, -0.15) is 0 Å². The van der Waals surface area contributed by atoms with E-state index in [1.165, 1.54) is 16.2 Å². The Kier molecular flexibility index (Phi) is 11.8. The van der Waals surface area contributed by atoms with Gasteiger partial charge in [-0.15, -0.1) is 11.3 Å². The third-order valence-corrected chi connectivity index (χ3v) is 13.6. The van der Waals surface area contributed by atoms with Crippen molar-refractivity contribution in [3.8, 4) is 11.3 Å². The lowest BCUT2D eigenvalue weighted by Crippen LogP contribution is -2.58. The summed E-state index contributed by atoms with van der Waals surface area (Å²) in [5, 5.41) is 14.0. The van der Waals surface area contributed by atoms with Crippen LogP contribution in [0.25, 0.3) is 11.3 Å². The molecule has 7 rings (SSSR count). The van der Waals surface area contributed by atoms with Gasteiger partial charge in [0.25, 0.3) is 11.8 Å². The quantitative estimate of drug-likeness (QED) is 0.286. The number of anilines is 1. The van der Waals surface area contributed by atoms with Gasteiger partial charge in [-0.3, -0.25) is 23.9 Å². The summed E-state index contributed by atoms with van der Waals surface area (Å²) in [5.41, 5.74) is 0.356. The third kappa shape index (κ3) is 9.31. The molecule has 1 aromatic heterocycles. The molecule has 5 amide bonds. The van der Waals surface area contributed by atoms with Crippen LogP contribution in [0.5, 0.6) is 0 Å². The van der Waals surface area contributed by atoms with Crippen molar-refractivity contribution in [1.29, 1.82) is 0 Å². The Morgan fingerprint density at radius 2 is 1.78 bits per heavy atom. The molecule has 5 aliphatic rings. The van der Waals surface area contributed by atoms with E-state index < -0.39 is 74.6 Å². The minimum absolute atomic E-state index is 0.0276. The lowest BCUT2D eigenvalue weighted by Gasteiger charge is -2.30. The second kappa shape index (κ2) is 16.7. The van der Waals surface area contributed by atoms with Crippen LogP contribution >= 0.6 is 11.3 Å². The number of thiazole rings is 1. The normalized spacial score (nSPS) is 29.1. The molecule has 0 unspecified atom stereocenters. The van der Waals surface area contributed by atoms with Gasteiger partial charge in [-0.1, -0.05) is 43.5 Å². The molecular weight excluding hydrogens is 747 g/mol. The average Bonchev–Trinajstić information content (AvgIpc) is 4.04. The molecule has 7 bridgehead atoms. The number of carbonyl (C=O) groups excluding carboxylic acids is 5. The average molecular weight is 796 g/mol. The molecule has 5 atom stereocenters. The fourth-order valence-electron chi connectivity index (χ4n) is 7.61. The van der Waals surface area contributed by atoms with Gasteiger partial charge in [-0.05, 0) is 76.3 Å². The molecule has 0 radical (unpaired) electrons. The number of nitrogens with zero attached hydrogens (tertiary/aromatic N) is 2. The molecule has 17 heteroatoms. The van der Waals surface area contributed by atoms with E-state index in [4.69, 9.17) is 9.72 Å². The Labute approximate surface area is 324 Å². The molecule has 3 aliphatic heterocycles. The van der Waals surface area contributed by atoms with E-state index >= 15 is 0 Å². The number of allylic oxidation sites excluding steroid dienone is 1. The Morgan fingerprint density at radius 3 is 2.62 bits per heavy atom. The summed E-state index contributed by atoms with van der Waals surface area (Å²) in [5.74, 6) is -2.79. The number of ether oxygens (including phenoxy) is 1. The van der Waals surface area contributed by atoms with Crippen LogP contribution in [0, 0.1) is 5.92 Å². The zero-order valence-electron chi connectivity index (χ0n) is 30.7. The molecule has 2 saturated carbocycles. The van der Waals surface area contributed by atoms with Crippen LogP contribution < -0.4 is 26.0 Å². The first kappa shape index (κ1) is 38.8. The summed E-state index contributed by atoms with van der Waals surface area (Å²) in [6, 6.07) is 4.30. The van der Waals surface area contributed by atoms with Crippen molar-refractivity contribution in [2.45, 2.75) is 112 Å². The summed E-state index contributed by atoms with van der Waals surface area (Å²) < 4.78 is 33.3. The lowest BCUT2D eigenvalue weighted by molar-refractivity contribution is -0.141. The van der Waals surface area contributed by atoms with E-state index in [1.54, 1.807) is 18.2 Å². The number of nitrogens with one attached hydrogen (secondary N) is 5. The summed E-state index contributed by atoms with van der Waals surface area (Å²) >= 11 is 1.48. The van der Waals surface area contributed by atoms with Gasteiger partial charge in [0.05, 0.1) is 17.6 Å². The van der Waals surface area contributed by atoms with Crippen molar-refractivity contribution in [3.63, 3.8) is 0 Å². The van der Waals surface area contributed by atoms with Crippen LogP contribution in [0.1, 0.15) is 93.8 Å². The molecule has 2 aliphatic carbocycles. The van der Waals surface area contributed by atoms with Gasteiger partial charge in [-0.25, -0.2) is 18.2 Å². The number of hydrogen-bond donors (Lipinski definition) is 5. The summed E-state index contributed by atoms with van der Waals surface area (Å²) in [6.07, 6.45) is 10.7. The molecule has 5 N–H and O–H groups in total. The van der Waals surface area contributed by atoms with E-state index in [0.29, 0.717) is 44.1 Å². The maximum absolute atomic E-state index is 14.4. The molecule has 15 nitrogen and oxygen atoms in total. The number of hydrogen-bond acceptors (Lipinski definition) is 11. The van der Waals surface area contributed by atoms with Gasteiger partial charge in [0.1, 0.15) is 17.6 Å². The minimum Gasteiger partial charge on any atom is -0.450 e. The molecule has 55 heavy (non-hydrogen) atoms.